The van der Waals surface area contributed by atoms with Gasteiger partial charge in [-0.25, -0.2) is 0 Å². The van der Waals surface area contributed by atoms with Gasteiger partial charge in [0.25, 0.3) is 0 Å². The third-order valence-corrected chi connectivity index (χ3v) is 6.13. The number of nitrogens with two attached hydrogens (primary N) is 1. The normalized spacial score (nSPS) is 23.3. The Kier molecular flexibility index (Phi) is 4.22. The highest BCUT2D eigenvalue weighted by atomic mass is 32.2. The Morgan fingerprint density at radius 2 is 2.00 bits per heavy atom. The summed E-state index contributed by atoms with van der Waals surface area (Å²) in [5.74, 6) is 0.792. The van der Waals surface area contributed by atoms with Gasteiger partial charge in [0.1, 0.15) is 0 Å². The summed E-state index contributed by atoms with van der Waals surface area (Å²) >= 11 is 7.01. The molecular formula is C16H20N2OS2. The highest BCUT2D eigenvalue weighted by molar-refractivity contribution is 7.99. The van der Waals surface area contributed by atoms with Gasteiger partial charge >= 0.3 is 0 Å². The quantitative estimate of drug-likeness (QED) is 0.841. The largest absolute Gasteiger partial charge is 0.391 e. The van der Waals surface area contributed by atoms with Gasteiger partial charge in [0.2, 0.25) is 5.91 Å². The Morgan fingerprint density at radius 1 is 1.29 bits per heavy atom. The van der Waals surface area contributed by atoms with Crippen molar-refractivity contribution < 1.29 is 4.79 Å². The molecule has 0 saturated heterocycles. The summed E-state index contributed by atoms with van der Waals surface area (Å²) in [7, 11) is 0. The number of carbonyl (C=O) groups is 1. The van der Waals surface area contributed by atoms with Gasteiger partial charge in [-0.1, -0.05) is 49.7 Å². The molecule has 1 fully saturated rings. The van der Waals surface area contributed by atoms with Crippen molar-refractivity contribution in [2.24, 2.45) is 5.73 Å². The molecule has 0 spiro atoms. The second kappa shape index (κ2) is 5.97. The van der Waals surface area contributed by atoms with Crippen molar-refractivity contribution in [3.8, 4) is 0 Å². The highest BCUT2D eigenvalue weighted by Gasteiger charge is 2.39. The number of benzene rings is 1. The summed E-state index contributed by atoms with van der Waals surface area (Å²) in [6.45, 7) is 0. The summed E-state index contributed by atoms with van der Waals surface area (Å²) < 4.78 is 0. The van der Waals surface area contributed by atoms with E-state index < -0.39 is 5.54 Å². The molecule has 2 aliphatic rings. The molecule has 5 heteroatoms. The zero-order valence-electron chi connectivity index (χ0n) is 11.9. The molecular weight excluding hydrogens is 300 g/mol. The topological polar surface area (TPSA) is 55.1 Å². The van der Waals surface area contributed by atoms with Crippen molar-refractivity contribution in [2.45, 2.75) is 48.5 Å². The molecule has 1 aliphatic carbocycles. The van der Waals surface area contributed by atoms with E-state index in [-0.39, 0.29) is 11.8 Å². The van der Waals surface area contributed by atoms with Crippen molar-refractivity contribution in [2.75, 3.05) is 5.75 Å². The van der Waals surface area contributed by atoms with Gasteiger partial charge in [-0.3, -0.25) is 4.79 Å². The maximum absolute atomic E-state index is 12.7. The monoisotopic (exact) mass is 320 g/mol. The number of thioether (sulfide) groups is 1. The molecule has 3 rings (SSSR count). The minimum absolute atomic E-state index is 0.0714. The lowest BCUT2D eigenvalue weighted by atomic mass is 9.81. The van der Waals surface area contributed by atoms with Crippen molar-refractivity contribution in [3.05, 3.63) is 29.8 Å². The minimum Gasteiger partial charge on any atom is -0.391 e. The van der Waals surface area contributed by atoms with E-state index in [2.05, 4.69) is 11.4 Å². The summed E-state index contributed by atoms with van der Waals surface area (Å²) in [6, 6.07) is 8.14. The lowest BCUT2D eigenvalue weighted by molar-refractivity contribution is -0.123. The number of nitrogens with one attached hydrogen (secondary N) is 1. The van der Waals surface area contributed by atoms with Crippen molar-refractivity contribution >= 4 is 34.9 Å². The van der Waals surface area contributed by atoms with Gasteiger partial charge in [-0.05, 0) is 24.5 Å². The summed E-state index contributed by atoms with van der Waals surface area (Å²) in [5.41, 5.74) is 6.62. The van der Waals surface area contributed by atoms with E-state index >= 15 is 0 Å². The molecule has 3 nitrogen and oxygen atoms in total. The van der Waals surface area contributed by atoms with Gasteiger partial charge < -0.3 is 11.1 Å². The Balaban J connectivity index is 1.78. The molecule has 21 heavy (non-hydrogen) atoms. The average molecular weight is 320 g/mol. The van der Waals surface area contributed by atoms with Crippen molar-refractivity contribution in [1.29, 1.82) is 0 Å². The van der Waals surface area contributed by atoms with E-state index in [1.165, 1.54) is 11.3 Å². The van der Waals surface area contributed by atoms with Crippen LogP contribution in [0.25, 0.3) is 0 Å². The molecule has 1 aliphatic heterocycles. The fourth-order valence-electron chi connectivity index (χ4n) is 3.29. The molecule has 1 amide bonds. The summed E-state index contributed by atoms with van der Waals surface area (Å²) in [6.07, 6.45) is 5.09. The predicted molar refractivity (Wildman–Crippen MR) is 90.7 cm³/mol. The molecule has 112 valence electrons. The molecule has 1 atom stereocenters. The van der Waals surface area contributed by atoms with E-state index in [0.29, 0.717) is 4.99 Å². The molecule has 1 saturated carbocycles. The second-order valence-corrected chi connectivity index (χ2v) is 7.40. The fourth-order valence-corrected chi connectivity index (χ4v) is 4.78. The molecule has 1 aromatic carbocycles. The Labute approximate surface area is 135 Å². The predicted octanol–water partition coefficient (Wildman–Crippen LogP) is 2.98. The van der Waals surface area contributed by atoms with E-state index in [0.717, 1.165) is 37.0 Å². The first-order valence-electron chi connectivity index (χ1n) is 7.46. The molecule has 0 bridgehead atoms. The number of carbonyl (C=O) groups excluding carboxylic acids is 1. The molecule has 0 radical (unpaired) electrons. The summed E-state index contributed by atoms with van der Waals surface area (Å²) in [4.78, 5) is 14.4. The number of thiocarbonyl (C=S) groups is 1. The van der Waals surface area contributed by atoms with Crippen molar-refractivity contribution in [3.63, 3.8) is 0 Å². The Bertz CT molecular complexity index is 567. The zero-order valence-corrected chi connectivity index (χ0v) is 13.6. The Hall–Kier alpha value is -1.07. The molecule has 1 heterocycles. The maximum Gasteiger partial charge on any atom is 0.229 e. The molecule has 1 aromatic rings. The third kappa shape index (κ3) is 2.81. The van der Waals surface area contributed by atoms with E-state index in [9.17, 15) is 4.79 Å². The third-order valence-electron chi connectivity index (χ3n) is 4.56. The van der Waals surface area contributed by atoms with Crippen LogP contribution in [0.4, 0.5) is 0 Å². The van der Waals surface area contributed by atoms with Crippen LogP contribution in [0.15, 0.2) is 29.2 Å². The number of amides is 1. The first-order valence-corrected chi connectivity index (χ1v) is 8.85. The van der Waals surface area contributed by atoms with Crippen LogP contribution in [0.2, 0.25) is 0 Å². The number of hydrogen-bond acceptors (Lipinski definition) is 3. The lowest BCUT2D eigenvalue weighted by Crippen LogP contribution is -2.58. The molecule has 0 aromatic heterocycles. The highest BCUT2D eigenvalue weighted by Crippen LogP contribution is 2.40. The van der Waals surface area contributed by atoms with E-state index in [1.54, 1.807) is 11.8 Å². The number of rotatable bonds is 3. The van der Waals surface area contributed by atoms with E-state index in [4.69, 9.17) is 18.0 Å². The van der Waals surface area contributed by atoms with Gasteiger partial charge in [0.15, 0.2) is 0 Å². The zero-order chi connectivity index (χ0) is 14.9. The number of fused-ring (bicyclic) bond motifs is 1. The fraction of sp³-hybridized carbons (Fsp3) is 0.500. The lowest BCUT2D eigenvalue weighted by Gasteiger charge is -2.38. The minimum atomic E-state index is -0.465. The van der Waals surface area contributed by atoms with Gasteiger partial charge in [0.05, 0.1) is 16.4 Å². The van der Waals surface area contributed by atoms with Crippen LogP contribution in [-0.4, -0.2) is 22.2 Å². The maximum atomic E-state index is 12.7. The van der Waals surface area contributed by atoms with Gasteiger partial charge in [-0.15, -0.1) is 11.8 Å². The van der Waals surface area contributed by atoms with E-state index in [1.807, 2.05) is 18.2 Å². The Morgan fingerprint density at radius 3 is 2.71 bits per heavy atom. The van der Waals surface area contributed by atoms with Crippen LogP contribution in [-0.2, 0) is 4.79 Å². The van der Waals surface area contributed by atoms with Crippen LogP contribution in [0, 0.1) is 0 Å². The smallest absolute Gasteiger partial charge is 0.229 e. The summed E-state index contributed by atoms with van der Waals surface area (Å²) in [5, 5.41) is 3.20. The second-order valence-electron chi connectivity index (χ2n) is 5.90. The molecule has 3 N–H and O–H groups in total. The van der Waals surface area contributed by atoms with Crippen LogP contribution in [0.5, 0.6) is 0 Å². The van der Waals surface area contributed by atoms with Crippen molar-refractivity contribution in [1.82, 2.24) is 5.32 Å². The van der Waals surface area contributed by atoms with Crippen LogP contribution in [0.1, 0.15) is 43.6 Å². The standard InChI is InChI=1S/C16H20N2OS2/c17-15(20)16(8-4-1-5-9-16)18-14(19)12-10-21-13-7-3-2-6-11(12)13/h2-3,6-7,12H,1,4-5,8-10H2,(H2,17,20)(H,18,19). The number of hydrogen-bond donors (Lipinski definition) is 2. The van der Waals surface area contributed by atoms with Crippen LogP contribution >= 0.6 is 24.0 Å². The first kappa shape index (κ1) is 14.9. The van der Waals surface area contributed by atoms with Gasteiger partial charge in [0, 0.05) is 10.6 Å². The molecule has 1 unspecified atom stereocenters. The van der Waals surface area contributed by atoms with Crippen LogP contribution in [0.3, 0.4) is 0 Å². The van der Waals surface area contributed by atoms with Gasteiger partial charge in [-0.2, -0.15) is 0 Å². The average Bonchev–Trinajstić information content (AvgIpc) is 2.92. The first-order chi connectivity index (χ1) is 10.1. The van der Waals surface area contributed by atoms with Crippen LogP contribution < -0.4 is 11.1 Å². The SMILES string of the molecule is NC(=S)C1(NC(=O)C2CSc3ccccc32)CCCCC1.